The number of Topliss-reactive ketones (excluding diaryl/α,β-unsaturated/α-hetero) is 1. The predicted octanol–water partition coefficient (Wildman–Crippen LogP) is 5.22. The number of carbonyl (C=O) groups excluding carboxylic acids is 3. The van der Waals surface area contributed by atoms with Crippen LogP contribution in [0.2, 0.25) is 10.0 Å². The first-order chi connectivity index (χ1) is 18.4. The Morgan fingerprint density at radius 3 is 2.31 bits per heavy atom. The van der Waals surface area contributed by atoms with Gasteiger partial charge in [-0.2, -0.15) is 0 Å². The molecular formula is C28H35Cl2N3O5S. The lowest BCUT2D eigenvalue weighted by Gasteiger charge is -2.34. The molecule has 8 nitrogen and oxygen atoms in total. The summed E-state index contributed by atoms with van der Waals surface area (Å²) in [6, 6.07) is 10.3. The molecule has 1 atom stereocenters. The molecule has 0 radical (unpaired) electrons. The summed E-state index contributed by atoms with van der Waals surface area (Å²) in [7, 11) is -3.91. The van der Waals surface area contributed by atoms with E-state index in [-0.39, 0.29) is 30.0 Å². The molecule has 2 aromatic rings. The summed E-state index contributed by atoms with van der Waals surface area (Å²) in [6.45, 7) is 2.67. The highest BCUT2D eigenvalue weighted by Gasteiger charge is 2.33. The molecule has 0 spiro atoms. The van der Waals surface area contributed by atoms with Crippen LogP contribution in [0.5, 0.6) is 0 Å². The van der Waals surface area contributed by atoms with Crippen LogP contribution in [0.4, 0.5) is 5.69 Å². The number of rotatable bonds is 11. The first-order valence-electron chi connectivity index (χ1n) is 13.0. The van der Waals surface area contributed by atoms with Gasteiger partial charge in [-0.15, -0.1) is 0 Å². The normalized spacial score (nSPS) is 14.9. The summed E-state index contributed by atoms with van der Waals surface area (Å²) in [4.78, 5) is 40.6. The number of benzene rings is 2. The van der Waals surface area contributed by atoms with E-state index >= 15 is 0 Å². The molecule has 212 valence electrons. The number of hydrogen-bond donors (Lipinski definition) is 1. The summed E-state index contributed by atoms with van der Waals surface area (Å²) >= 11 is 12.3. The van der Waals surface area contributed by atoms with Gasteiger partial charge in [-0.1, -0.05) is 67.6 Å². The Morgan fingerprint density at radius 2 is 1.72 bits per heavy atom. The summed E-state index contributed by atoms with van der Waals surface area (Å²) in [5.74, 6) is -1.07. The molecule has 2 amide bonds. The molecule has 1 fully saturated rings. The number of amides is 2. The molecule has 11 heteroatoms. The highest BCUT2D eigenvalue weighted by atomic mass is 35.5. The van der Waals surface area contributed by atoms with Gasteiger partial charge in [0.2, 0.25) is 21.8 Å². The average Bonchev–Trinajstić information content (AvgIpc) is 2.89. The first kappa shape index (κ1) is 30.9. The molecule has 0 bridgehead atoms. The minimum Gasteiger partial charge on any atom is -0.352 e. The number of hydrogen-bond acceptors (Lipinski definition) is 5. The largest absolute Gasteiger partial charge is 0.352 e. The quantitative estimate of drug-likeness (QED) is 0.359. The third-order valence-corrected chi connectivity index (χ3v) is 8.77. The standard InChI is InChI=1S/C28H35Cl2N3O5S/c1-4-26(28(36)31-22-10-6-5-7-11-22)32(17-20-13-14-24(29)25(30)15-20)27(35)18-33(39(3,37)38)23-12-8-9-21(16-23)19(2)34/h8-9,12-16,22,26H,4-7,10-11,17-18H2,1-3H3,(H,31,36)/t26-/m0/s1. The zero-order valence-corrected chi connectivity index (χ0v) is 24.8. The van der Waals surface area contributed by atoms with Gasteiger partial charge in [0.05, 0.1) is 22.0 Å². The van der Waals surface area contributed by atoms with Crippen LogP contribution in [0.3, 0.4) is 0 Å². The maximum absolute atomic E-state index is 13.9. The van der Waals surface area contributed by atoms with Gasteiger partial charge in [0.1, 0.15) is 12.6 Å². The van der Waals surface area contributed by atoms with Crippen LogP contribution in [-0.4, -0.2) is 55.8 Å². The molecule has 0 saturated heterocycles. The van der Waals surface area contributed by atoms with E-state index in [1.165, 1.54) is 24.0 Å². The van der Waals surface area contributed by atoms with Gasteiger partial charge in [0.25, 0.3) is 0 Å². The molecule has 0 aliphatic heterocycles. The molecule has 39 heavy (non-hydrogen) atoms. The Morgan fingerprint density at radius 1 is 1.03 bits per heavy atom. The second kappa shape index (κ2) is 13.6. The van der Waals surface area contributed by atoms with Crippen LogP contribution in [0.1, 0.15) is 68.3 Å². The van der Waals surface area contributed by atoms with Crippen molar-refractivity contribution in [3.63, 3.8) is 0 Å². The van der Waals surface area contributed by atoms with Gasteiger partial charge < -0.3 is 10.2 Å². The number of nitrogens with one attached hydrogen (secondary N) is 1. The smallest absolute Gasteiger partial charge is 0.244 e. The lowest BCUT2D eigenvalue weighted by atomic mass is 9.95. The van der Waals surface area contributed by atoms with Crippen LogP contribution in [0, 0.1) is 0 Å². The molecule has 0 unspecified atom stereocenters. The van der Waals surface area contributed by atoms with Crippen molar-refractivity contribution < 1.29 is 22.8 Å². The van der Waals surface area contributed by atoms with E-state index in [4.69, 9.17) is 23.2 Å². The Bertz CT molecular complexity index is 1310. The highest BCUT2D eigenvalue weighted by molar-refractivity contribution is 7.92. The van der Waals surface area contributed by atoms with E-state index in [9.17, 15) is 22.8 Å². The van der Waals surface area contributed by atoms with E-state index in [1.54, 1.807) is 30.3 Å². The minimum absolute atomic E-state index is 0.0252. The van der Waals surface area contributed by atoms with Crippen molar-refractivity contribution in [2.45, 2.75) is 71.0 Å². The summed E-state index contributed by atoms with van der Waals surface area (Å²) < 4.78 is 26.6. The third kappa shape index (κ3) is 8.43. The highest BCUT2D eigenvalue weighted by Crippen LogP contribution is 2.26. The van der Waals surface area contributed by atoms with Gasteiger partial charge in [-0.3, -0.25) is 18.7 Å². The number of carbonyl (C=O) groups is 3. The first-order valence-corrected chi connectivity index (χ1v) is 15.6. The van der Waals surface area contributed by atoms with Crippen molar-refractivity contribution >= 4 is 56.5 Å². The minimum atomic E-state index is -3.91. The molecule has 0 heterocycles. The van der Waals surface area contributed by atoms with E-state index in [1.807, 2.05) is 6.92 Å². The van der Waals surface area contributed by atoms with Crippen LogP contribution in [0.15, 0.2) is 42.5 Å². The fraction of sp³-hybridized carbons (Fsp3) is 0.464. The van der Waals surface area contributed by atoms with Crippen molar-refractivity contribution in [2.24, 2.45) is 0 Å². The molecule has 1 N–H and O–H groups in total. The fourth-order valence-corrected chi connectivity index (χ4v) is 5.95. The predicted molar refractivity (Wildman–Crippen MR) is 155 cm³/mol. The van der Waals surface area contributed by atoms with Crippen molar-refractivity contribution in [1.29, 1.82) is 0 Å². The van der Waals surface area contributed by atoms with E-state index in [0.29, 0.717) is 27.6 Å². The van der Waals surface area contributed by atoms with E-state index in [0.717, 1.165) is 42.7 Å². The summed E-state index contributed by atoms with van der Waals surface area (Å²) in [5, 5.41) is 3.76. The number of sulfonamides is 1. The van der Waals surface area contributed by atoms with E-state index in [2.05, 4.69) is 5.32 Å². The van der Waals surface area contributed by atoms with Crippen LogP contribution >= 0.6 is 23.2 Å². The average molecular weight is 597 g/mol. The lowest BCUT2D eigenvalue weighted by molar-refractivity contribution is -0.140. The molecule has 1 aliphatic rings. The molecule has 3 rings (SSSR count). The summed E-state index contributed by atoms with van der Waals surface area (Å²) in [5.41, 5.74) is 1.15. The second-order valence-corrected chi connectivity index (χ2v) is 12.6. The van der Waals surface area contributed by atoms with Gasteiger partial charge in [0, 0.05) is 18.2 Å². The van der Waals surface area contributed by atoms with Gasteiger partial charge >= 0.3 is 0 Å². The Kier molecular flexibility index (Phi) is 10.8. The molecule has 0 aromatic heterocycles. The number of halogens is 2. The second-order valence-electron chi connectivity index (χ2n) is 9.91. The Labute approximate surface area is 240 Å². The molecular weight excluding hydrogens is 561 g/mol. The van der Waals surface area contributed by atoms with Crippen molar-refractivity contribution in [1.82, 2.24) is 10.2 Å². The topological polar surface area (TPSA) is 104 Å². The van der Waals surface area contributed by atoms with Crippen LogP contribution in [0.25, 0.3) is 0 Å². The van der Waals surface area contributed by atoms with Crippen molar-refractivity contribution in [2.75, 3.05) is 17.1 Å². The Hall–Kier alpha value is -2.62. The SMILES string of the molecule is CC[C@@H](C(=O)NC1CCCCC1)N(Cc1ccc(Cl)c(Cl)c1)C(=O)CN(c1cccc(C(C)=O)c1)S(C)(=O)=O. The van der Waals surface area contributed by atoms with Gasteiger partial charge in [-0.25, -0.2) is 8.42 Å². The zero-order chi connectivity index (χ0) is 28.7. The van der Waals surface area contributed by atoms with Gasteiger partial charge in [-0.05, 0) is 56.0 Å². The fourth-order valence-electron chi connectivity index (χ4n) is 4.79. The number of ketones is 1. The number of anilines is 1. The number of nitrogens with zero attached hydrogens (tertiary/aromatic N) is 2. The third-order valence-electron chi connectivity index (χ3n) is 6.89. The molecule has 2 aromatic carbocycles. The van der Waals surface area contributed by atoms with Crippen molar-refractivity contribution in [3.8, 4) is 0 Å². The monoisotopic (exact) mass is 595 g/mol. The van der Waals surface area contributed by atoms with Crippen LogP contribution < -0.4 is 9.62 Å². The molecule has 1 aliphatic carbocycles. The lowest BCUT2D eigenvalue weighted by Crippen LogP contribution is -2.53. The summed E-state index contributed by atoms with van der Waals surface area (Å²) in [6.07, 6.45) is 6.31. The zero-order valence-electron chi connectivity index (χ0n) is 22.5. The maximum Gasteiger partial charge on any atom is 0.244 e. The van der Waals surface area contributed by atoms with Crippen LogP contribution in [-0.2, 0) is 26.2 Å². The maximum atomic E-state index is 13.9. The van der Waals surface area contributed by atoms with Crippen molar-refractivity contribution in [3.05, 3.63) is 63.6 Å². The van der Waals surface area contributed by atoms with E-state index < -0.39 is 28.5 Å². The molecule has 1 saturated carbocycles. The Balaban J connectivity index is 1.96. The van der Waals surface area contributed by atoms with Gasteiger partial charge in [0.15, 0.2) is 5.78 Å².